The largest absolute Gasteiger partial charge is 0.550 e. The van der Waals surface area contributed by atoms with Crippen molar-refractivity contribution in [2.75, 3.05) is 0 Å². The number of unbranched alkanes of at least 4 members (excludes halogenated alkanes) is 48. The minimum absolute atomic E-state index is 0. The minimum Gasteiger partial charge on any atom is -0.550 e. The van der Waals surface area contributed by atoms with Crippen LogP contribution in [0.4, 0.5) is 0 Å². The van der Waals surface area contributed by atoms with Crippen LogP contribution in [0.5, 0.6) is 0 Å². The molecule has 0 saturated carbocycles. The fraction of sp³-hybridized carbons (Fsp3) is 0.900. The molecule has 0 heterocycles. The van der Waals surface area contributed by atoms with E-state index in [2.05, 4.69) is 55.4 Å². The third kappa shape index (κ3) is 199. The van der Waals surface area contributed by atoms with Gasteiger partial charge in [0.25, 0.3) is 0 Å². The summed E-state index contributed by atoms with van der Waals surface area (Å²) in [5.41, 5.74) is 0. The van der Waals surface area contributed by atoms with Gasteiger partial charge in [-0.3, -0.25) is 0 Å². The maximum absolute atomic E-state index is 10.0. The van der Waals surface area contributed by atoms with Crippen LogP contribution < -0.4 is 90.1 Å². The van der Waals surface area contributed by atoms with E-state index < -0.39 is 47.8 Å². The topological polar surface area (TPSA) is 613 Å². The van der Waals surface area contributed by atoms with E-state index in [0.29, 0.717) is 0 Å². The Morgan fingerprint density at radius 3 is 0.240 bits per heavy atom. The highest BCUT2D eigenvalue weighted by Gasteiger charge is 1.97. The summed E-state index contributed by atoms with van der Waals surface area (Å²) < 4.78 is 0. The molecular formula is C80H184N8O16. The van der Waals surface area contributed by atoms with Crippen molar-refractivity contribution in [3.05, 3.63) is 0 Å². The van der Waals surface area contributed by atoms with Gasteiger partial charge in [0, 0.05) is 47.8 Å². The van der Waals surface area contributed by atoms with E-state index in [1.807, 2.05) is 0 Å². The van der Waals surface area contributed by atoms with Gasteiger partial charge < -0.3 is 128 Å². The van der Waals surface area contributed by atoms with E-state index >= 15 is 0 Å². The van der Waals surface area contributed by atoms with Crippen LogP contribution in [0, 0.1) is 0 Å². The molecule has 0 fully saturated rings. The van der Waals surface area contributed by atoms with Gasteiger partial charge in [0.1, 0.15) is 0 Å². The second-order valence-corrected chi connectivity index (χ2v) is 25.9. The lowest BCUT2D eigenvalue weighted by molar-refractivity contribution is -0.307. The Bertz CT molecular complexity index is 1260. The van der Waals surface area contributed by atoms with E-state index in [0.717, 1.165) is 103 Å². The van der Waals surface area contributed by atoms with Crippen LogP contribution in [0.15, 0.2) is 0 Å². The van der Waals surface area contributed by atoms with E-state index in [1.54, 1.807) is 0 Å². The Balaban J connectivity index is -0.0000000601. The van der Waals surface area contributed by atoms with Crippen molar-refractivity contribution >= 4 is 47.8 Å². The number of aliphatic carboxylic acids is 8. The molecule has 640 valence electrons. The van der Waals surface area contributed by atoms with Crippen LogP contribution >= 0.6 is 0 Å². The first kappa shape index (κ1) is 138. The Labute approximate surface area is 639 Å². The first-order chi connectivity index (χ1) is 46.2. The summed E-state index contributed by atoms with van der Waals surface area (Å²) in [6, 6.07) is 0. The zero-order valence-electron chi connectivity index (χ0n) is 71.8. The van der Waals surface area contributed by atoms with Crippen LogP contribution in [0.1, 0.15) is 466 Å². The molecule has 32 N–H and O–H groups in total. The van der Waals surface area contributed by atoms with Gasteiger partial charge in [0.2, 0.25) is 0 Å². The minimum atomic E-state index is -0.913. The third-order valence-electron chi connectivity index (χ3n) is 15.9. The third-order valence-corrected chi connectivity index (χ3v) is 15.9. The van der Waals surface area contributed by atoms with E-state index in [4.69, 9.17) is 0 Å². The number of carbonyl (C=O) groups is 8. The summed E-state index contributed by atoms with van der Waals surface area (Å²) in [6.45, 7) is 17.5. The molecule has 0 aromatic heterocycles. The molecule has 0 amide bonds. The molecule has 24 nitrogen and oxygen atoms in total. The predicted octanol–water partition coefficient (Wildman–Crippen LogP) is 18.0. The molecule has 0 aromatic carbocycles. The first-order valence-electron chi connectivity index (χ1n) is 39.8. The lowest BCUT2D eigenvalue weighted by Gasteiger charge is -2.01. The number of carboxylic acids is 8. The zero-order chi connectivity index (χ0) is 73.9. The smallest absolute Gasteiger partial charge is 0.0414 e. The highest BCUT2D eigenvalue weighted by atomic mass is 16.4. The second kappa shape index (κ2) is 134. The molecule has 24 heteroatoms. The van der Waals surface area contributed by atoms with Gasteiger partial charge >= 0.3 is 0 Å². The summed E-state index contributed by atoms with van der Waals surface area (Å²) in [5.74, 6) is -7.31. The quantitative estimate of drug-likeness (QED) is 0.0262. The molecule has 0 aliphatic carbocycles. The maximum atomic E-state index is 10.0. The fourth-order valence-corrected chi connectivity index (χ4v) is 9.81. The Hall–Kier alpha value is -4.56. The van der Waals surface area contributed by atoms with Gasteiger partial charge in [0.15, 0.2) is 0 Å². The van der Waals surface area contributed by atoms with Crippen molar-refractivity contribution in [3.8, 4) is 0 Å². The average Bonchev–Trinajstić information content (AvgIpc) is 3.79. The fourth-order valence-electron chi connectivity index (χ4n) is 9.81. The van der Waals surface area contributed by atoms with Crippen LogP contribution in [0.2, 0.25) is 0 Å². The lowest BCUT2D eigenvalue weighted by atomic mass is 10.1. The lowest BCUT2D eigenvalue weighted by Crippen LogP contribution is -2.21. The van der Waals surface area contributed by atoms with Crippen molar-refractivity contribution < 1.29 is 79.2 Å². The average molecular weight is 1510 g/mol. The van der Waals surface area contributed by atoms with Crippen LogP contribution in [-0.2, 0) is 38.4 Å². The molecule has 104 heavy (non-hydrogen) atoms. The van der Waals surface area contributed by atoms with Gasteiger partial charge in [-0.25, -0.2) is 0 Å². The standard InChI is InChI=1S/8C10H20O2.8H3N/c8*1-2-3-4-5-6-7-8-9-10(11)12;;;;;;;;/h8*2-9H2,1H3,(H,11,12);8*1H3. The maximum Gasteiger partial charge on any atom is 0.0414 e. The van der Waals surface area contributed by atoms with Gasteiger partial charge in [-0.05, 0) is 103 Å². The molecule has 0 radical (unpaired) electrons. The number of hydrogen-bond donors (Lipinski definition) is 8. The molecule has 0 unspecified atom stereocenters. The SMILES string of the molecule is CCCCCCCCCC(=O)[O-].CCCCCCCCCC(=O)[O-].CCCCCCCCCC(=O)[O-].CCCCCCCCCC(=O)[O-].CCCCCCCCCC(=O)[O-].CCCCCCCCCC(=O)[O-].CCCCCCCCCC(=O)[O-].CCCCCCCCCC(=O)[O-].[NH4+].[NH4+].[NH4+].[NH4+].[NH4+].[NH4+].[NH4+].[NH4+]. The molecule has 0 atom stereocenters. The summed E-state index contributed by atoms with van der Waals surface area (Å²) in [4.78, 5) is 80.2. The van der Waals surface area contributed by atoms with Gasteiger partial charge in [-0.15, -0.1) is 0 Å². The number of carbonyl (C=O) groups excluding carboxylic acids is 8. The molecule has 0 aliphatic heterocycles. The second-order valence-electron chi connectivity index (χ2n) is 25.9. The Kier molecular flexibility index (Phi) is 179. The number of carboxylic acid groups (broad SMARTS) is 8. The molecule has 0 aromatic rings. The van der Waals surface area contributed by atoms with Gasteiger partial charge in [-0.2, -0.15) is 0 Å². The zero-order valence-corrected chi connectivity index (χ0v) is 71.8. The highest BCUT2D eigenvalue weighted by Crippen LogP contribution is 2.14. The summed E-state index contributed by atoms with van der Waals surface area (Å²) >= 11 is 0. The summed E-state index contributed by atoms with van der Waals surface area (Å²) in [7, 11) is 0. The van der Waals surface area contributed by atoms with Crippen molar-refractivity contribution in [2.45, 2.75) is 466 Å². The number of hydrogen-bond acceptors (Lipinski definition) is 16. The molecule has 0 aliphatic rings. The first-order valence-corrected chi connectivity index (χ1v) is 39.8. The van der Waals surface area contributed by atoms with Gasteiger partial charge in [-0.1, -0.05) is 364 Å². The van der Waals surface area contributed by atoms with Crippen molar-refractivity contribution in [3.63, 3.8) is 0 Å². The van der Waals surface area contributed by atoms with Crippen LogP contribution in [-0.4, -0.2) is 47.8 Å². The van der Waals surface area contributed by atoms with Crippen molar-refractivity contribution in [1.29, 1.82) is 0 Å². The Morgan fingerprint density at radius 1 is 0.125 bits per heavy atom. The Morgan fingerprint density at radius 2 is 0.183 bits per heavy atom. The molecule has 0 saturated heterocycles. The number of rotatable bonds is 64. The predicted molar refractivity (Wildman–Crippen MR) is 429 cm³/mol. The number of quaternary nitrogens is 8. The van der Waals surface area contributed by atoms with E-state index in [1.165, 1.54) is 257 Å². The van der Waals surface area contributed by atoms with Crippen molar-refractivity contribution in [2.24, 2.45) is 0 Å². The summed E-state index contributed by atoms with van der Waals surface area (Å²) in [5, 5.41) is 80.2. The summed E-state index contributed by atoms with van der Waals surface area (Å²) in [6.07, 6.45) is 66.7. The van der Waals surface area contributed by atoms with E-state index in [9.17, 15) is 79.2 Å². The van der Waals surface area contributed by atoms with Crippen molar-refractivity contribution in [1.82, 2.24) is 49.2 Å². The van der Waals surface area contributed by atoms with Gasteiger partial charge in [0.05, 0.1) is 0 Å². The van der Waals surface area contributed by atoms with Crippen LogP contribution in [0.3, 0.4) is 0 Å². The monoisotopic (exact) mass is 1510 g/mol. The molecule has 0 spiro atoms. The van der Waals surface area contributed by atoms with E-state index in [-0.39, 0.29) is 101 Å². The highest BCUT2D eigenvalue weighted by molar-refractivity contribution is 5.66. The normalized spacial score (nSPS) is 9.31. The van der Waals surface area contributed by atoms with Crippen LogP contribution in [0.25, 0.3) is 0 Å². The molecule has 0 bridgehead atoms. The molecule has 0 rings (SSSR count). The molecular weight excluding hydrogens is 1330 g/mol.